The summed E-state index contributed by atoms with van der Waals surface area (Å²) in [6.45, 7) is 6.46. The van der Waals surface area contributed by atoms with E-state index in [4.69, 9.17) is 4.74 Å². The average Bonchev–Trinajstić information content (AvgIpc) is 3.47. The molecule has 234 valence electrons. The Hall–Kier alpha value is -4.59. The highest BCUT2D eigenvalue weighted by Crippen LogP contribution is 2.25. The monoisotopic (exact) mass is 607 g/mol. The largest absolute Gasteiger partial charge is 0.478 e. The lowest BCUT2D eigenvalue weighted by atomic mass is 9.93. The molecule has 0 saturated carbocycles. The second kappa shape index (κ2) is 13.4. The molecule has 0 fully saturated rings. The van der Waals surface area contributed by atoms with Crippen molar-refractivity contribution < 1.29 is 39.5 Å². The van der Waals surface area contributed by atoms with E-state index < -0.39 is 53.6 Å². The second-order valence-electron chi connectivity index (χ2n) is 11.2. The number of aliphatic hydroxyl groups is 3. The van der Waals surface area contributed by atoms with E-state index in [1.165, 1.54) is 23.4 Å². The lowest BCUT2D eigenvalue weighted by Crippen LogP contribution is -2.59. The van der Waals surface area contributed by atoms with Gasteiger partial charge >= 0.3 is 5.97 Å². The minimum absolute atomic E-state index is 0.298. The number of aromatic nitrogens is 3. The Kier molecular flexibility index (Phi) is 9.82. The van der Waals surface area contributed by atoms with E-state index in [1.807, 2.05) is 24.3 Å². The van der Waals surface area contributed by atoms with Crippen LogP contribution in [-0.4, -0.2) is 83.7 Å². The van der Waals surface area contributed by atoms with Crippen molar-refractivity contribution in [2.75, 3.05) is 0 Å². The fourth-order valence-electron chi connectivity index (χ4n) is 4.88. The number of aliphatic carboxylic acids is 1. The summed E-state index contributed by atoms with van der Waals surface area (Å²) >= 11 is 0. The van der Waals surface area contributed by atoms with Gasteiger partial charge < -0.3 is 35.8 Å². The van der Waals surface area contributed by atoms with Crippen LogP contribution in [0.5, 0.6) is 0 Å². The number of hydrogen-bond acceptors (Lipinski definition) is 9. The van der Waals surface area contributed by atoms with Crippen LogP contribution < -0.4 is 10.6 Å². The quantitative estimate of drug-likeness (QED) is 0.184. The molecule has 2 amide bonds. The molecule has 3 aromatic rings. The Morgan fingerprint density at radius 3 is 2.23 bits per heavy atom. The molecule has 1 aliphatic heterocycles. The molecule has 0 bridgehead atoms. The molecule has 1 aromatic heterocycles. The maximum atomic E-state index is 13.1. The van der Waals surface area contributed by atoms with Crippen molar-refractivity contribution in [2.45, 2.75) is 76.7 Å². The molecule has 4 rings (SSSR count). The normalized spacial score (nSPS) is 19.7. The van der Waals surface area contributed by atoms with Gasteiger partial charge in [-0.15, -0.1) is 5.10 Å². The van der Waals surface area contributed by atoms with Crippen LogP contribution in [-0.2, 0) is 32.8 Å². The van der Waals surface area contributed by atoms with Crippen LogP contribution in [0.3, 0.4) is 0 Å². The number of benzene rings is 2. The number of rotatable bonds is 11. The van der Waals surface area contributed by atoms with E-state index in [-0.39, 0.29) is 12.5 Å². The molecule has 0 aliphatic carbocycles. The summed E-state index contributed by atoms with van der Waals surface area (Å²) in [5.41, 5.74) is 3.14. The third-order valence-corrected chi connectivity index (χ3v) is 7.44. The molecule has 2 heterocycles. The lowest BCUT2D eigenvalue weighted by Gasteiger charge is -2.38. The Bertz CT molecular complexity index is 1520. The average molecular weight is 608 g/mol. The molecule has 13 heteroatoms. The van der Waals surface area contributed by atoms with Crippen molar-refractivity contribution in [2.24, 2.45) is 0 Å². The van der Waals surface area contributed by atoms with Crippen molar-refractivity contribution in [3.8, 4) is 11.1 Å². The first-order chi connectivity index (χ1) is 20.8. The molecule has 0 saturated heterocycles. The predicted octanol–water partition coefficient (Wildman–Crippen LogP) is 1.13. The molecule has 44 heavy (non-hydrogen) atoms. The number of nitrogens with zero attached hydrogens (tertiary/aromatic N) is 3. The third kappa shape index (κ3) is 7.48. The van der Waals surface area contributed by atoms with Crippen molar-refractivity contribution in [3.63, 3.8) is 0 Å². The van der Waals surface area contributed by atoms with Gasteiger partial charge in [-0.1, -0.05) is 48.5 Å². The van der Waals surface area contributed by atoms with Gasteiger partial charge in [-0.2, -0.15) is 0 Å². The first-order valence-electron chi connectivity index (χ1n) is 14.1. The van der Waals surface area contributed by atoms with Crippen molar-refractivity contribution >= 4 is 17.8 Å². The molecule has 0 radical (unpaired) electrons. The SMILES string of the molecule is CCc1ccc(-c2ccc(C(=O)NC(C)(C)c3cn(C[C@@H](O)[C@@H](O)[C@@H]4OC(C(=O)O)=C[C@H](O)[C@H]4NC(C)=O)nn3)cc2)cc1. The van der Waals surface area contributed by atoms with Gasteiger partial charge in [0.1, 0.15) is 24.0 Å². The number of hydrogen-bond donors (Lipinski definition) is 6. The zero-order valence-corrected chi connectivity index (χ0v) is 24.8. The molecule has 13 nitrogen and oxygen atoms in total. The lowest BCUT2D eigenvalue weighted by molar-refractivity contribution is -0.148. The van der Waals surface area contributed by atoms with Gasteiger partial charge in [0, 0.05) is 12.5 Å². The van der Waals surface area contributed by atoms with Crippen LogP contribution in [0.15, 0.2) is 66.6 Å². The van der Waals surface area contributed by atoms with Crippen LogP contribution >= 0.6 is 0 Å². The minimum atomic E-state index is -1.74. The van der Waals surface area contributed by atoms with Crippen molar-refractivity contribution in [3.05, 3.63) is 83.4 Å². The summed E-state index contributed by atoms with van der Waals surface area (Å²) in [6.07, 6.45) is -2.93. The van der Waals surface area contributed by atoms with Crippen LogP contribution in [0.1, 0.15) is 49.3 Å². The number of ether oxygens (including phenoxy) is 1. The molecular formula is C31H37N5O8. The van der Waals surface area contributed by atoms with E-state index >= 15 is 0 Å². The highest BCUT2D eigenvalue weighted by Gasteiger charge is 2.43. The van der Waals surface area contributed by atoms with Crippen LogP contribution in [0, 0.1) is 0 Å². The van der Waals surface area contributed by atoms with Gasteiger partial charge in [0.25, 0.3) is 5.91 Å². The van der Waals surface area contributed by atoms with Gasteiger partial charge in [0.05, 0.1) is 24.3 Å². The van der Waals surface area contributed by atoms with Gasteiger partial charge in [-0.3, -0.25) is 9.59 Å². The summed E-state index contributed by atoms with van der Waals surface area (Å²) in [4.78, 5) is 36.1. The van der Waals surface area contributed by atoms with Gasteiger partial charge in [-0.25, -0.2) is 9.48 Å². The van der Waals surface area contributed by atoms with E-state index in [1.54, 1.807) is 26.0 Å². The number of aryl methyl sites for hydroxylation is 1. The molecule has 0 spiro atoms. The number of carbonyl (C=O) groups is 3. The zero-order chi connectivity index (χ0) is 32.2. The Balaban J connectivity index is 1.41. The molecular weight excluding hydrogens is 570 g/mol. The second-order valence-corrected chi connectivity index (χ2v) is 11.2. The number of amides is 2. The summed E-state index contributed by atoms with van der Waals surface area (Å²) in [7, 11) is 0. The molecule has 0 unspecified atom stereocenters. The fraction of sp³-hybridized carbons (Fsp3) is 0.387. The number of carboxylic acids is 1. The van der Waals surface area contributed by atoms with Crippen molar-refractivity contribution in [1.29, 1.82) is 0 Å². The zero-order valence-electron chi connectivity index (χ0n) is 24.8. The Labute approximate surface area is 254 Å². The first kappa shape index (κ1) is 32.3. The van der Waals surface area contributed by atoms with Gasteiger partial charge in [0.15, 0.2) is 6.10 Å². The van der Waals surface area contributed by atoms with Gasteiger partial charge in [0.2, 0.25) is 11.7 Å². The molecule has 5 atom stereocenters. The topological polar surface area (TPSA) is 196 Å². The summed E-state index contributed by atoms with van der Waals surface area (Å²) in [5.74, 6) is -3.00. The minimum Gasteiger partial charge on any atom is -0.478 e. The Morgan fingerprint density at radius 1 is 1.05 bits per heavy atom. The predicted molar refractivity (Wildman–Crippen MR) is 158 cm³/mol. The number of nitrogens with one attached hydrogen (secondary N) is 2. The standard InChI is InChI=1S/C31H37N5O8/c1-5-18-6-8-19(9-7-18)20-10-12-21(13-11-20)29(41)33-31(3,4)25-16-36(35-34-25)15-23(39)27(40)28-26(32-17(2)37)22(38)14-24(44-28)30(42)43/h6-14,16,22-23,26-28,38-40H,5,15H2,1-4H3,(H,32,37)(H,33,41)(H,42,43)/t22-,23+,26+,27+,28+/m0/s1. The maximum absolute atomic E-state index is 13.1. The van der Waals surface area contributed by atoms with E-state index in [9.17, 15) is 34.8 Å². The number of carbonyl (C=O) groups excluding carboxylic acids is 2. The van der Waals surface area contributed by atoms with Crippen LogP contribution in [0.2, 0.25) is 0 Å². The summed E-state index contributed by atoms with van der Waals surface area (Å²) in [6, 6.07) is 14.3. The van der Waals surface area contributed by atoms with Crippen molar-refractivity contribution in [1.82, 2.24) is 25.6 Å². The number of carboxylic acid groups (broad SMARTS) is 1. The Morgan fingerprint density at radius 2 is 1.66 bits per heavy atom. The third-order valence-electron chi connectivity index (χ3n) is 7.44. The maximum Gasteiger partial charge on any atom is 0.370 e. The van der Waals surface area contributed by atoms with Crippen LogP contribution in [0.25, 0.3) is 11.1 Å². The van der Waals surface area contributed by atoms with Gasteiger partial charge in [-0.05, 0) is 55.2 Å². The summed E-state index contributed by atoms with van der Waals surface area (Å²) < 4.78 is 6.57. The highest BCUT2D eigenvalue weighted by molar-refractivity contribution is 5.95. The summed E-state index contributed by atoms with van der Waals surface area (Å²) in [5, 5.41) is 54.8. The molecule has 1 aliphatic rings. The fourth-order valence-corrected chi connectivity index (χ4v) is 4.88. The van der Waals surface area contributed by atoms with E-state index in [2.05, 4.69) is 40.0 Å². The molecule has 6 N–H and O–H groups in total. The van der Waals surface area contributed by atoms with E-state index in [0.29, 0.717) is 11.3 Å². The van der Waals surface area contributed by atoms with Crippen LogP contribution in [0.4, 0.5) is 0 Å². The highest BCUT2D eigenvalue weighted by atomic mass is 16.5. The molecule has 2 aromatic carbocycles. The smallest absolute Gasteiger partial charge is 0.370 e. The first-order valence-corrected chi connectivity index (χ1v) is 14.1. The number of aliphatic hydroxyl groups excluding tert-OH is 3. The van der Waals surface area contributed by atoms with E-state index in [0.717, 1.165) is 23.6 Å².